The van der Waals surface area contributed by atoms with Crippen molar-refractivity contribution in [3.63, 3.8) is 0 Å². The standard InChI is InChI=1S/C16H24N2O2/c1-3-13-5-4-6-15(11-13)20-12(2)16(19)18-9-7-14(17)8-10-18/h4-6,11-12,14H,3,7-10,17H2,1-2H3. The van der Waals surface area contributed by atoms with Crippen LogP contribution < -0.4 is 10.5 Å². The van der Waals surface area contributed by atoms with Crippen LogP contribution in [0.3, 0.4) is 0 Å². The Morgan fingerprint density at radius 1 is 1.45 bits per heavy atom. The van der Waals surface area contributed by atoms with Crippen molar-refractivity contribution in [2.75, 3.05) is 13.1 Å². The van der Waals surface area contributed by atoms with E-state index in [-0.39, 0.29) is 11.9 Å². The van der Waals surface area contributed by atoms with Gasteiger partial charge in [0.1, 0.15) is 5.75 Å². The van der Waals surface area contributed by atoms with Crippen molar-refractivity contribution < 1.29 is 9.53 Å². The third kappa shape index (κ3) is 3.73. The lowest BCUT2D eigenvalue weighted by Crippen LogP contribution is -2.47. The van der Waals surface area contributed by atoms with Gasteiger partial charge >= 0.3 is 0 Å². The third-order valence-corrected chi connectivity index (χ3v) is 3.82. The number of likely N-dealkylation sites (tertiary alicyclic amines) is 1. The van der Waals surface area contributed by atoms with Gasteiger partial charge in [0, 0.05) is 19.1 Å². The monoisotopic (exact) mass is 276 g/mol. The van der Waals surface area contributed by atoms with Gasteiger partial charge in [-0.3, -0.25) is 4.79 Å². The molecule has 2 N–H and O–H groups in total. The summed E-state index contributed by atoms with van der Waals surface area (Å²) in [6, 6.07) is 8.15. The van der Waals surface area contributed by atoms with E-state index in [0.717, 1.165) is 38.1 Å². The number of amides is 1. The van der Waals surface area contributed by atoms with Crippen LogP contribution in [0.5, 0.6) is 5.75 Å². The number of piperidine rings is 1. The lowest BCUT2D eigenvalue weighted by Gasteiger charge is -2.32. The van der Waals surface area contributed by atoms with Crippen molar-refractivity contribution in [1.29, 1.82) is 0 Å². The fraction of sp³-hybridized carbons (Fsp3) is 0.562. The molecule has 1 unspecified atom stereocenters. The molecule has 0 radical (unpaired) electrons. The highest BCUT2D eigenvalue weighted by atomic mass is 16.5. The number of hydrogen-bond acceptors (Lipinski definition) is 3. The van der Waals surface area contributed by atoms with E-state index < -0.39 is 6.10 Å². The lowest BCUT2D eigenvalue weighted by molar-refractivity contribution is -0.139. The Hall–Kier alpha value is -1.55. The van der Waals surface area contributed by atoms with Gasteiger partial charge in [-0.2, -0.15) is 0 Å². The molecule has 1 heterocycles. The summed E-state index contributed by atoms with van der Waals surface area (Å²) < 4.78 is 5.78. The van der Waals surface area contributed by atoms with Gasteiger partial charge in [0.15, 0.2) is 6.10 Å². The molecule has 0 spiro atoms. The second-order valence-electron chi connectivity index (χ2n) is 5.42. The maximum absolute atomic E-state index is 12.3. The molecule has 20 heavy (non-hydrogen) atoms. The first-order valence-electron chi connectivity index (χ1n) is 7.40. The molecule has 0 aliphatic carbocycles. The molecule has 1 fully saturated rings. The van der Waals surface area contributed by atoms with Crippen LogP contribution in [-0.2, 0) is 11.2 Å². The van der Waals surface area contributed by atoms with Gasteiger partial charge in [-0.25, -0.2) is 0 Å². The quantitative estimate of drug-likeness (QED) is 0.914. The number of hydrogen-bond donors (Lipinski definition) is 1. The van der Waals surface area contributed by atoms with Gasteiger partial charge in [-0.15, -0.1) is 0 Å². The molecule has 4 heteroatoms. The Labute approximate surface area is 120 Å². The number of ether oxygens (including phenoxy) is 1. The van der Waals surface area contributed by atoms with Crippen molar-refractivity contribution in [3.8, 4) is 5.75 Å². The van der Waals surface area contributed by atoms with Crippen LogP contribution in [0.15, 0.2) is 24.3 Å². The summed E-state index contributed by atoms with van der Waals surface area (Å²) >= 11 is 0. The number of benzene rings is 1. The van der Waals surface area contributed by atoms with Crippen LogP contribution in [-0.4, -0.2) is 36.0 Å². The predicted octanol–water partition coefficient (Wildman–Crippen LogP) is 1.97. The van der Waals surface area contributed by atoms with E-state index in [2.05, 4.69) is 13.0 Å². The first kappa shape index (κ1) is 14.9. The molecule has 0 aromatic heterocycles. The molecule has 0 saturated carbocycles. The summed E-state index contributed by atoms with van der Waals surface area (Å²) in [6.07, 6.45) is 2.27. The number of nitrogens with two attached hydrogens (primary N) is 1. The summed E-state index contributed by atoms with van der Waals surface area (Å²) in [5.74, 6) is 0.817. The molecule has 0 bridgehead atoms. The molecule has 4 nitrogen and oxygen atoms in total. The average molecular weight is 276 g/mol. The smallest absolute Gasteiger partial charge is 0.263 e. The second-order valence-corrected chi connectivity index (χ2v) is 5.42. The van der Waals surface area contributed by atoms with Gasteiger partial charge in [0.2, 0.25) is 0 Å². The minimum absolute atomic E-state index is 0.0544. The molecular formula is C16H24N2O2. The molecule has 1 amide bonds. The Kier molecular flexibility index (Phi) is 5.01. The maximum Gasteiger partial charge on any atom is 0.263 e. The minimum atomic E-state index is -0.448. The van der Waals surface area contributed by atoms with E-state index in [9.17, 15) is 4.79 Å². The largest absolute Gasteiger partial charge is 0.481 e. The highest BCUT2D eigenvalue weighted by molar-refractivity contribution is 5.81. The predicted molar refractivity (Wildman–Crippen MR) is 79.7 cm³/mol. The van der Waals surface area contributed by atoms with Crippen LogP contribution in [0.4, 0.5) is 0 Å². The first-order valence-corrected chi connectivity index (χ1v) is 7.40. The number of carbonyl (C=O) groups is 1. The Bertz CT molecular complexity index is 454. The fourth-order valence-corrected chi connectivity index (χ4v) is 2.47. The third-order valence-electron chi connectivity index (χ3n) is 3.82. The van der Waals surface area contributed by atoms with Crippen molar-refractivity contribution >= 4 is 5.91 Å². The SMILES string of the molecule is CCc1cccc(OC(C)C(=O)N2CCC(N)CC2)c1. The van der Waals surface area contributed by atoms with E-state index in [0.29, 0.717) is 0 Å². The lowest BCUT2D eigenvalue weighted by atomic mass is 10.1. The van der Waals surface area contributed by atoms with E-state index in [4.69, 9.17) is 10.5 Å². The van der Waals surface area contributed by atoms with E-state index in [1.165, 1.54) is 5.56 Å². The highest BCUT2D eigenvalue weighted by Crippen LogP contribution is 2.17. The Morgan fingerprint density at radius 3 is 2.80 bits per heavy atom. The molecule has 1 aliphatic heterocycles. The summed E-state index contributed by atoms with van der Waals surface area (Å²) in [6.45, 7) is 5.39. The molecular weight excluding hydrogens is 252 g/mol. The van der Waals surface area contributed by atoms with E-state index in [1.807, 2.05) is 30.0 Å². The normalized spacial score (nSPS) is 17.9. The van der Waals surface area contributed by atoms with Gasteiger partial charge in [-0.1, -0.05) is 19.1 Å². The van der Waals surface area contributed by atoms with E-state index in [1.54, 1.807) is 0 Å². The molecule has 1 saturated heterocycles. The number of aryl methyl sites for hydroxylation is 1. The summed E-state index contributed by atoms with van der Waals surface area (Å²) in [5, 5.41) is 0. The van der Waals surface area contributed by atoms with Crippen LogP contribution in [0.25, 0.3) is 0 Å². The van der Waals surface area contributed by atoms with E-state index >= 15 is 0 Å². The molecule has 110 valence electrons. The van der Waals surface area contributed by atoms with Gasteiger partial charge in [0.25, 0.3) is 5.91 Å². The number of rotatable bonds is 4. The second kappa shape index (κ2) is 6.75. The van der Waals surface area contributed by atoms with Gasteiger partial charge in [-0.05, 0) is 43.9 Å². The van der Waals surface area contributed by atoms with Crippen molar-refractivity contribution in [3.05, 3.63) is 29.8 Å². The van der Waals surface area contributed by atoms with Crippen molar-refractivity contribution in [1.82, 2.24) is 4.90 Å². The Morgan fingerprint density at radius 2 is 2.15 bits per heavy atom. The maximum atomic E-state index is 12.3. The number of nitrogens with zero attached hydrogens (tertiary/aromatic N) is 1. The molecule has 1 aromatic rings. The first-order chi connectivity index (χ1) is 9.60. The highest BCUT2D eigenvalue weighted by Gasteiger charge is 2.25. The van der Waals surface area contributed by atoms with Crippen molar-refractivity contribution in [2.45, 2.75) is 45.3 Å². The zero-order chi connectivity index (χ0) is 14.5. The number of carbonyl (C=O) groups excluding carboxylic acids is 1. The summed E-state index contributed by atoms with van der Waals surface area (Å²) in [7, 11) is 0. The average Bonchev–Trinajstić information content (AvgIpc) is 2.47. The summed E-state index contributed by atoms with van der Waals surface area (Å²) in [4.78, 5) is 14.2. The van der Waals surface area contributed by atoms with Gasteiger partial charge in [0.05, 0.1) is 0 Å². The van der Waals surface area contributed by atoms with Crippen LogP contribution >= 0.6 is 0 Å². The van der Waals surface area contributed by atoms with Crippen LogP contribution in [0, 0.1) is 0 Å². The summed E-state index contributed by atoms with van der Waals surface area (Å²) in [5.41, 5.74) is 7.07. The fourth-order valence-electron chi connectivity index (χ4n) is 2.47. The topological polar surface area (TPSA) is 55.6 Å². The molecule has 1 aromatic carbocycles. The van der Waals surface area contributed by atoms with Crippen LogP contribution in [0.1, 0.15) is 32.3 Å². The molecule has 1 aliphatic rings. The molecule has 1 atom stereocenters. The Balaban J connectivity index is 1.93. The zero-order valence-electron chi connectivity index (χ0n) is 12.3. The zero-order valence-corrected chi connectivity index (χ0v) is 12.3. The van der Waals surface area contributed by atoms with Crippen molar-refractivity contribution in [2.24, 2.45) is 5.73 Å². The van der Waals surface area contributed by atoms with Crippen LogP contribution in [0.2, 0.25) is 0 Å². The van der Waals surface area contributed by atoms with Gasteiger partial charge < -0.3 is 15.4 Å². The minimum Gasteiger partial charge on any atom is -0.481 e. The molecule has 2 rings (SSSR count).